The minimum absolute atomic E-state index is 0.0465. The molecule has 2 amide bonds. The minimum Gasteiger partial charge on any atom is -0.484 e. The average Bonchev–Trinajstić information content (AvgIpc) is 2.78. The highest BCUT2D eigenvalue weighted by Gasteiger charge is 2.27. The maximum Gasteiger partial charge on any atom is 0.255 e. The number of nitrogens with one attached hydrogen (secondary N) is 1. The van der Waals surface area contributed by atoms with Gasteiger partial charge in [0, 0.05) is 12.6 Å². The fraction of sp³-hybridized carbons (Fsp3) is 0.267. The molecule has 1 aliphatic rings. The first-order valence-electron chi connectivity index (χ1n) is 6.99. The first-order valence-corrected chi connectivity index (χ1v) is 8.04. The number of hydrogen-bond acceptors (Lipinski definition) is 5. The second kappa shape index (κ2) is 6.33. The van der Waals surface area contributed by atoms with Crippen LogP contribution in [-0.2, 0) is 16.6 Å². The lowest BCUT2D eigenvalue weighted by molar-refractivity contribution is -0.120. The Hall–Kier alpha value is -2.48. The number of rotatable bonds is 4. The van der Waals surface area contributed by atoms with E-state index in [1.54, 1.807) is 24.0 Å². The van der Waals surface area contributed by atoms with Gasteiger partial charge in [-0.3, -0.25) is 14.3 Å². The van der Waals surface area contributed by atoms with Crippen LogP contribution >= 0.6 is 11.8 Å². The summed E-state index contributed by atoms with van der Waals surface area (Å²) in [6.07, 6.45) is 1.76. The predicted molar refractivity (Wildman–Crippen MR) is 87.3 cm³/mol. The Morgan fingerprint density at radius 3 is 3.17 bits per heavy atom. The number of carbonyl (C=O) groups excluding carboxylic acids is 2. The van der Waals surface area contributed by atoms with Crippen LogP contribution in [0.1, 0.15) is 16.4 Å². The van der Waals surface area contributed by atoms with Gasteiger partial charge in [0.25, 0.3) is 5.91 Å². The second-order valence-electron chi connectivity index (χ2n) is 5.14. The van der Waals surface area contributed by atoms with Gasteiger partial charge in [0.05, 0.1) is 17.2 Å². The Morgan fingerprint density at radius 2 is 2.39 bits per heavy atom. The number of nitrogens with two attached hydrogens (primary N) is 1. The molecule has 1 aromatic carbocycles. The van der Waals surface area contributed by atoms with Crippen LogP contribution in [0.25, 0.3) is 0 Å². The van der Waals surface area contributed by atoms with Crippen molar-refractivity contribution in [1.29, 1.82) is 0 Å². The molecule has 3 rings (SSSR count). The van der Waals surface area contributed by atoms with Crippen LogP contribution in [0.15, 0.2) is 30.5 Å². The molecule has 0 bridgehead atoms. The molecule has 1 aliphatic heterocycles. The Morgan fingerprint density at radius 1 is 1.57 bits per heavy atom. The molecule has 0 aliphatic carbocycles. The standard InChI is InChI=1S/C15H16N4O3S/c1-19-15-11(6-17-19)14(23-8-13(21)18-15)9-3-2-4-10(5-9)22-7-12(16)20/h2-6,14H,7-8H2,1H3,(H2,16,20)(H,18,21)/t14-/m1/s1. The van der Waals surface area contributed by atoms with Gasteiger partial charge in [-0.05, 0) is 17.7 Å². The largest absolute Gasteiger partial charge is 0.484 e. The third-order valence-electron chi connectivity index (χ3n) is 3.43. The number of hydrogen-bond donors (Lipinski definition) is 2. The van der Waals surface area contributed by atoms with E-state index in [2.05, 4.69) is 10.4 Å². The van der Waals surface area contributed by atoms with Crippen LogP contribution < -0.4 is 15.8 Å². The van der Waals surface area contributed by atoms with Gasteiger partial charge in [-0.15, -0.1) is 11.8 Å². The van der Waals surface area contributed by atoms with E-state index in [9.17, 15) is 9.59 Å². The number of aryl methyl sites for hydroxylation is 1. The third-order valence-corrected chi connectivity index (χ3v) is 4.72. The van der Waals surface area contributed by atoms with E-state index in [0.29, 0.717) is 17.3 Å². The molecule has 7 nitrogen and oxygen atoms in total. The first kappa shape index (κ1) is 15.4. The number of carbonyl (C=O) groups is 2. The van der Waals surface area contributed by atoms with Crippen molar-refractivity contribution in [2.45, 2.75) is 5.25 Å². The lowest BCUT2D eigenvalue weighted by atomic mass is 10.1. The summed E-state index contributed by atoms with van der Waals surface area (Å²) in [6.45, 7) is -0.167. The number of aromatic nitrogens is 2. The van der Waals surface area contributed by atoms with Crippen molar-refractivity contribution in [2.75, 3.05) is 17.7 Å². The van der Waals surface area contributed by atoms with Crippen LogP contribution in [0.5, 0.6) is 5.75 Å². The van der Waals surface area contributed by atoms with E-state index >= 15 is 0 Å². The van der Waals surface area contributed by atoms with Crippen molar-refractivity contribution in [1.82, 2.24) is 9.78 Å². The van der Waals surface area contributed by atoms with Gasteiger partial charge >= 0.3 is 0 Å². The van der Waals surface area contributed by atoms with Crippen molar-refractivity contribution in [3.8, 4) is 5.75 Å². The predicted octanol–water partition coefficient (Wildman–Crippen LogP) is 1.06. The summed E-state index contributed by atoms with van der Waals surface area (Å²) in [6, 6.07) is 7.43. The lowest BCUT2D eigenvalue weighted by Gasteiger charge is -2.15. The quantitative estimate of drug-likeness (QED) is 0.872. The zero-order valence-electron chi connectivity index (χ0n) is 12.5. The number of amides is 2. The Balaban J connectivity index is 1.93. The van der Waals surface area contributed by atoms with E-state index in [4.69, 9.17) is 10.5 Å². The molecule has 3 N–H and O–H groups in total. The van der Waals surface area contributed by atoms with Crippen LogP contribution in [0.3, 0.4) is 0 Å². The SMILES string of the molecule is Cn1ncc2c1NC(=O)CS[C@@H]2c1cccc(OCC(N)=O)c1. The minimum atomic E-state index is -0.524. The van der Waals surface area contributed by atoms with Crippen molar-refractivity contribution in [3.05, 3.63) is 41.6 Å². The van der Waals surface area contributed by atoms with Crippen molar-refractivity contribution < 1.29 is 14.3 Å². The summed E-state index contributed by atoms with van der Waals surface area (Å²) >= 11 is 1.52. The molecule has 2 aromatic rings. The fourth-order valence-corrected chi connectivity index (χ4v) is 3.50. The van der Waals surface area contributed by atoms with Crippen LogP contribution in [-0.4, -0.2) is 34.0 Å². The van der Waals surface area contributed by atoms with Gasteiger partial charge < -0.3 is 15.8 Å². The fourth-order valence-electron chi connectivity index (χ4n) is 2.41. The van der Waals surface area contributed by atoms with Gasteiger partial charge in [0.15, 0.2) is 6.61 Å². The van der Waals surface area contributed by atoms with Crippen LogP contribution in [0.4, 0.5) is 5.82 Å². The molecule has 0 spiro atoms. The summed E-state index contributed by atoms with van der Waals surface area (Å²) < 4.78 is 7.01. The molecule has 2 heterocycles. The highest BCUT2D eigenvalue weighted by Crippen LogP contribution is 2.41. The molecule has 8 heteroatoms. The maximum absolute atomic E-state index is 11.9. The molecule has 120 valence electrons. The molecule has 23 heavy (non-hydrogen) atoms. The van der Waals surface area contributed by atoms with E-state index in [0.717, 1.165) is 11.1 Å². The van der Waals surface area contributed by atoms with Gasteiger partial charge in [-0.2, -0.15) is 5.10 Å². The third kappa shape index (κ3) is 3.31. The maximum atomic E-state index is 11.9. The molecule has 0 saturated heterocycles. The number of fused-ring (bicyclic) bond motifs is 1. The molecule has 0 radical (unpaired) electrons. The number of anilines is 1. The topological polar surface area (TPSA) is 99.2 Å². The summed E-state index contributed by atoms with van der Waals surface area (Å²) in [5.41, 5.74) is 7.01. The number of ether oxygens (including phenoxy) is 1. The zero-order valence-corrected chi connectivity index (χ0v) is 13.3. The van der Waals surface area contributed by atoms with Gasteiger partial charge in [-0.25, -0.2) is 0 Å². The van der Waals surface area contributed by atoms with Crippen LogP contribution in [0, 0.1) is 0 Å². The summed E-state index contributed by atoms with van der Waals surface area (Å²) in [5.74, 6) is 1.04. The average molecular weight is 332 g/mol. The Bertz CT molecular complexity index is 759. The van der Waals surface area contributed by atoms with Gasteiger partial charge in [0.2, 0.25) is 5.91 Å². The van der Waals surface area contributed by atoms with Crippen molar-refractivity contribution in [2.24, 2.45) is 12.8 Å². The molecule has 0 saturated carbocycles. The molecular formula is C15H16N4O3S. The normalized spacial score (nSPS) is 17.1. The Labute approximate surface area is 137 Å². The van der Waals surface area contributed by atoms with Gasteiger partial charge in [-0.1, -0.05) is 12.1 Å². The number of primary amides is 1. The van der Waals surface area contributed by atoms with E-state index in [1.807, 2.05) is 18.2 Å². The highest BCUT2D eigenvalue weighted by atomic mass is 32.2. The molecule has 0 fully saturated rings. The monoisotopic (exact) mass is 332 g/mol. The number of benzene rings is 1. The van der Waals surface area contributed by atoms with Crippen molar-refractivity contribution in [3.63, 3.8) is 0 Å². The summed E-state index contributed by atoms with van der Waals surface area (Å²) in [7, 11) is 1.79. The first-order chi connectivity index (χ1) is 11.0. The molecule has 0 unspecified atom stereocenters. The molecule has 1 aromatic heterocycles. The Kier molecular flexibility index (Phi) is 4.24. The van der Waals surface area contributed by atoms with Gasteiger partial charge in [0.1, 0.15) is 11.6 Å². The molecular weight excluding hydrogens is 316 g/mol. The van der Waals surface area contributed by atoms with Crippen molar-refractivity contribution >= 4 is 29.4 Å². The van der Waals surface area contributed by atoms with E-state index in [-0.39, 0.29) is 17.8 Å². The number of nitrogens with zero attached hydrogens (tertiary/aromatic N) is 2. The summed E-state index contributed by atoms with van der Waals surface area (Å²) in [4.78, 5) is 22.7. The lowest BCUT2D eigenvalue weighted by Crippen LogP contribution is -2.20. The van der Waals surface area contributed by atoms with E-state index < -0.39 is 5.91 Å². The highest BCUT2D eigenvalue weighted by molar-refractivity contribution is 8.00. The second-order valence-corrected chi connectivity index (χ2v) is 6.23. The van der Waals surface area contributed by atoms with E-state index in [1.165, 1.54) is 11.8 Å². The smallest absolute Gasteiger partial charge is 0.255 e. The molecule has 1 atom stereocenters. The zero-order chi connectivity index (χ0) is 16.4. The van der Waals surface area contributed by atoms with Crippen LogP contribution in [0.2, 0.25) is 0 Å². The number of thioether (sulfide) groups is 1. The summed E-state index contributed by atoms with van der Waals surface area (Å²) in [5, 5.41) is 7.06.